The second-order valence-electron chi connectivity index (χ2n) is 6.43. The average Bonchev–Trinajstić information content (AvgIpc) is 3.33. The van der Waals surface area contributed by atoms with Crippen LogP contribution in [0.15, 0.2) is 48.0 Å². The summed E-state index contributed by atoms with van der Waals surface area (Å²) in [5.41, 5.74) is 1.73. The molecule has 0 bridgehead atoms. The van der Waals surface area contributed by atoms with Gasteiger partial charge in [-0.3, -0.25) is 4.79 Å². The fourth-order valence-corrected chi connectivity index (χ4v) is 3.24. The molecular formula is C21H24N4O2S. The zero-order chi connectivity index (χ0) is 19.9. The number of carbonyl (C=O) groups excluding carboxylic acids is 1. The van der Waals surface area contributed by atoms with Crippen molar-refractivity contribution in [1.29, 1.82) is 0 Å². The van der Waals surface area contributed by atoms with Gasteiger partial charge in [-0.05, 0) is 32.4 Å². The van der Waals surface area contributed by atoms with E-state index in [1.54, 1.807) is 29.7 Å². The second kappa shape index (κ2) is 9.32. The van der Waals surface area contributed by atoms with E-state index in [2.05, 4.69) is 29.2 Å². The molecule has 0 aliphatic carbocycles. The Hall–Kier alpha value is -2.93. The molecule has 0 aliphatic rings. The van der Waals surface area contributed by atoms with Crippen LogP contribution < -0.4 is 10.1 Å². The number of ether oxygens (including phenoxy) is 1. The van der Waals surface area contributed by atoms with Gasteiger partial charge in [0.15, 0.2) is 0 Å². The zero-order valence-corrected chi connectivity index (χ0v) is 17.1. The number of benzene rings is 1. The van der Waals surface area contributed by atoms with Gasteiger partial charge >= 0.3 is 0 Å². The quantitative estimate of drug-likeness (QED) is 0.553. The van der Waals surface area contributed by atoms with Crippen molar-refractivity contribution in [2.45, 2.75) is 39.8 Å². The number of hydrogen-bond acceptors (Lipinski definition) is 5. The van der Waals surface area contributed by atoms with Gasteiger partial charge in [-0.2, -0.15) is 5.10 Å². The van der Waals surface area contributed by atoms with Crippen molar-refractivity contribution >= 4 is 29.1 Å². The molecule has 0 saturated carbocycles. The number of amides is 1. The van der Waals surface area contributed by atoms with E-state index in [-0.39, 0.29) is 11.9 Å². The van der Waals surface area contributed by atoms with Crippen LogP contribution in [0.5, 0.6) is 5.75 Å². The molecule has 6 nitrogen and oxygen atoms in total. The van der Waals surface area contributed by atoms with Crippen LogP contribution in [0, 0.1) is 6.92 Å². The Labute approximate surface area is 168 Å². The number of hydrogen-bond donors (Lipinski definition) is 1. The maximum absolute atomic E-state index is 12.4. The fourth-order valence-electron chi connectivity index (χ4n) is 2.65. The van der Waals surface area contributed by atoms with Crippen LogP contribution in [0.2, 0.25) is 0 Å². The van der Waals surface area contributed by atoms with Crippen molar-refractivity contribution in [3.8, 4) is 5.75 Å². The Morgan fingerprint density at radius 1 is 1.36 bits per heavy atom. The number of nitrogens with zero attached hydrogens (tertiary/aromatic N) is 3. The molecule has 2 heterocycles. The number of carbonyl (C=O) groups is 1. The smallest absolute Gasteiger partial charge is 0.249 e. The van der Waals surface area contributed by atoms with Crippen LogP contribution in [0.3, 0.4) is 0 Å². The molecule has 146 valence electrons. The molecule has 1 aromatic carbocycles. The lowest BCUT2D eigenvalue weighted by molar-refractivity contribution is -0.111. The van der Waals surface area contributed by atoms with Crippen LogP contribution >= 0.6 is 11.3 Å². The Bertz CT molecular complexity index is 961. The van der Waals surface area contributed by atoms with Gasteiger partial charge in [0.1, 0.15) is 18.2 Å². The molecule has 0 radical (unpaired) electrons. The number of para-hydroxylation sites is 1. The van der Waals surface area contributed by atoms with Gasteiger partial charge in [0.25, 0.3) is 0 Å². The Balaban J connectivity index is 1.65. The van der Waals surface area contributed by atoms with Gasteiger partial charge in [0.05, 0.1) is 22.9 Å². The summed E-state index contributed by atoms with van der Waals surface area (Å²) in [5, 5.41) is 10.2. The SMILES string of the molecule is CCC(C)n1nccc1NC(=O)/C=C/c1ccccc1OCc1csc(C)n1. The Morgan fingerprint density at radius 2 is 2.18 bits per heavy atom. The summed E-state index contributed by atoms with van der Waals surface area (Å²) in [4.78, 5) is 16.8. The first-order valence-corrected chi connectivity index (χ1v) is 10.1. The summed E-state index contributed by atoms with van der Waals surface area (Å²) in [6.45, 7) is 6.52. The predicted octanol–water partition coefficient (Wildman–Crippen LogP) is 4.85. The molecule has 1 N–H and O–H groups in total. The van der Waals surface area contributed by atoms with E-state index >= 15 is 0 Å². The predicted molar refractivity (Wildman–Crippen MR) is 113 cm³/mol. The lowest BCUT2D eigenvalue weighted by Gasteiger charge is -2.13. The van der Waals surface area contributed by atoms with Crippen LogP contribution in [0.1, 0.15) is 42.6 Å². The highest BCUT2D eigenvalue weighted by Gasteiger charge is 2.10. The molecule has 1 amide bonds. The third kappa shape index (κ3) is 5.07. The molecule has 0 fully saturated rings. The molecule has 3 aromatic rings. The minimum absolute atomic E-state index is 0.213. The number of nitrogens with one attached hydrogen (secondary N) is 1. The summed E-state index contributed by atoms with van der Waals surface area (Å²) >= 11 is 1.60. The number of thiazole rings is 1. The highest BCUT2D eigenvalue weighted by atomic mass is 32.1. The molecule has 7 heteroatoms. The Morgan fingerprint density at radius 3 is 2.93 bits per heavy atom. The first kappa shape index (κ1) is 19.8. The molecule has 1 unspecified atom stereocenters. The van der Waals surface area contributed by atoms with Crippen molar-refractivity contribution < 1.29 is 9.53 Å². The average molecular weight is 397 g/mol. The fraction of sp³-hybridized carbons (Fsp3) is 0.286. The number of anilines is 1. The lowest BCUT2D eigenvalue weighted by Crippen LogP contribution is -2.15. The van der Waals surface area contributed by atoms with Crippen molar-refractivity contribution in [3.05, 3.63) is 64.2 Å². The summed E-state index contributed by atoms with van der Waals surface area (Å²) < 4.78 is 7.71. The van der Waals surface area contributed by atoms with Crippen LogP contribution in [0.4, 0.5) is 5.82 Å². The van der Waals surface area contributed by atoms with Crippen molar-refractivity contribution in [3.63, 3.8) is 0 Å². The van der Waals surface area contributed by atoms with E-state index in [0.29, 0.717) is 18.2 Å². The van der Waals surface area contributed by atoms with Crippen molar-refractivity contribution in [2.75, 3.05) is 5.32 Å². The maximum Gasteiger partial charge on any atom is 0.249 e. The maximum atomic E-state index is 12.4. The minimum Gasteiger partial charge on any atom is -0.487 e. The highest BCUT2D eigenvalue weighted by Crippen LogP contribution is 2.22. The first-order valence-electron chi connectivity index (χ1n) is 9.22. The van der Waals surface area contributed by atoms with E-state index in [4.69, 9.17) is 4.74 Å². The monoisotopic (exact) mass is 396 g/mol. The van der Waals surface area contributed by atoms with Gasteiger partial charge in [-0.15, -0.1) is 11.3 Å². The summed E-state index contributed by atoms with van der Waals surface area (Å²) in [6, 6.07) is 9.63. The van der Waals surface area contributed by atoms with E-state index in [0.717, 1.165) is 22.7 Å². The normalized spacial score (nSPS) is 12.2. The van der Waals surface area contributed by atoms with Crippen molar-refractivity contribution in [1.82, 2.24) is 14.8 Å². The molecule has 1 atom stereocenters. The molecular weight excluding hydrogens is 372 g/mol. The van der Waals surface area contributed by atoms with Crippen LogP contribution in [-0.4, -0.2) is 20.7 Å². The van der Waals surface area contributed by atoms with Gasteiger partial charge in [0, 0.05) is 23.1 Å². The van der Waals surface area contributed by atoms with Gasteiger partial charge in [-0.1, -0.05) is 25.1 Å². The Kier molecular flexibility index (Phi) is 6.60. The molecule has 3 rings (SSSR count). The molecule has 28 heavy (non-hydrogen) atoms. The third-order valence-electron chi connectivity index (χ3n) is 4.31. The second-order valence-corrected chi connectivity index (χ2v) is 7.49. The number of aromatic nitrogens is 3. The third-order valence-corrected chi connectivity index (χ3v) is 5.13. The zero-order valence-electron chi connectivity index (χ0n) is 16.3. The van der Waals surface area contributed by atoms with E-state index in [9.17, 15) is 4.79 Å². The van der Waals surface area contributed by atoms with E-state index < -0.39 is 0 Å². The number of rotatable bonds is 8. The van der Waals surface area contributed by atoms with Crippen molar-refractivity contribution in [2.24, 2.45) is 0 Å². The van der Waals surface area contributed by atoms with Gasteiger partial charge < -0.3 is 10.1 Å². The highest BCUT2D eigenvalue weighted by molar-refractivity contribution is 7.09. The largest absolute Gasteiger partial charge is 0.487 e. The van der Waals surface area contributed by atoms with Crippen LogP contribution in [0.25, 0.3) is 6.08 Å². The lowest BCUT2D eigenvalue weighted by atomic mass is 10.2. The van der Waals surface area contributed by atoms with Crippen LogP contribution in [-0.2, 0) is 11.4 Å². The summed E-state index contributed by atoms with van der Waals surface area (Å²) in [6.07, 6.45) is 5.88. The molecule has 0 aliphatic heterocycles. The standard InChI is InChI=1S/C21H24N4O2S/c1-4-15(2)25-20(11-12-22-25)24-21(26)10-9-17-7-5-6-8-19(17)27-13-18-14-28-16(3)23-18/h5-12,14-15H,4,13H2,1-3H3,(H,24,26)/b10-9+. The molecule has 0 saturated heterocycles. The molecule has 2 aromatic heterocycles. The topological polar surface area (TPSA) is 69.0 Å². The molecule has 0 spiro atoms. The van der Waals surface area contributed by atoms with E-state index in [1.807, 2.05) is 41.3 Å². The first-order chi connectivity index (χ1) is 13.6. The summed E-state index contributed by atoms with van der Waals surface area (Å²) in [5.74, 6) is 1.18. The van der Waals surface area contributed by atoms with Gasteiger partial charge in [0.2, 0.25) is 5.91 Å². The number of aryl methyl sites for hydroxylation is 1. The summed E-state index contributed by atoms with van der Waals surface area (Å²) in [7, 11) is 0. The minimum atomic E-state index is -0.213. The van der Waals surface area contributed by atoms with E-state index in [1.165, 1.54) is 6.08 Å². The van der Waals surface area contributed by atoms with Gasteiger partial charge in [-0.25, -0.2) is 9.67 Å².